The maximum Gasteiger partial charge on any atom is 0.253 e. The van der Waals surface area contributed by atoms with Crippen molar-refractivity contribution in [2.75, 3.05) is 6.61 Å². The molecule has 0 spiro atoms. The molecule has 6 heteroatoms. The van der Waals surface area contributed by atoms with Gasteiger partial charge in [0.05, 0.1) is 11.5 Å². The number of halogens is 1. The minimum Gasteiger partial charge on any atom is -0.490 e. The molecule has 1 atom stereocenters. The number of hydrazone groups is 1. The van der Waals surface area contributed by atoms with Gasteiger partial charge < -0.3 is 4.74 Å². The van der Waals surface area contributed by atoms with Crippen LogP contribution in [-0.2, 0) is 4.79 Å². The second-order valence-corrected chi connectivity index (χ2v) is 6.97. The van der Waals surface area contributed by atoms with Crippen LogP contribution in [0.4, 0.5) is 0 Å². The molecule has 0 fully saturated rings. The van der Waals surface area contributed by atoms with Crippen molar-refractivity contribution in [1.29, 1.82) is 0 Å². The maximum atomic E-state index is 12.1. The zero-order valence-corrected chi connectivity index (χ0v) is 15.4. The van der Waals surface area contributed by atoms with Gasteiger partial charge in [-0.1, -0.05) is 36.4 Å². The van der Waals surface area contributed by atoms with Crippen molar-refractivity contribution in [2.24, 2.45) is 5.10 Å². The number of hydrogen-bond acceptors (Lipinski definition) is 4. The molecule has 0 aliphatic carbocycles. The Labute approximate surface area is 156 Å². The summed E-state index contributed by atoms with van der Waals surface area (Å²) in [6.45, 7) is 5.88. The normalized spacial score (nSPS) is 11.9. The van der Waals surface area contributed by atoms with E-state index in [1.807, 2.05) is 43.3 Å². The van der Waals surface area contributed by atoms with Crippen LogP contribution < -0.4 is 10.2 Å². The summed E-state index contributed by atoms with van der Waals surface area (Å²) in [7, 11) is 0. The quantitative estimate of drug-likeness (QED) is 0.319. The summed E-state index contributed by atoms with van der Waals surface area (Å²) in [5.74, 6) is 0.553. The van der Waals surface area contributed by atoms with Gasteiger partial charge in [-0.15, -0.1) is 11.8 Å². The minimum atomic E-state index is -0.277. The number of hydrogen-bond donors (Lipinski definition) is 1. The summed E-state index contributed by atoms with van der Waals surface area (Å²) >= 11 is 7.30. The third kappa shape index (κ3) is 6.64. The maximum absolute atomic E-state index is 12.1. The Hall–Kier alpha value is -2.24. The largest absolute Gasteiger partial charge is 0.490 e. The number of nitrogens with one attached hydrogen (secondary N) is 1. The summed E-state index contributed by atoms with van der Waals surface area (Å²) in [5, 5.41) is 4.40. The molecule has 130 valence electrons. The molecule has 0 aromatic heterocycles. The van der Waals surface area contributed by atoms with Crippen LogP contribution in [0.2, 0.25) is 5.02 Å². The molecule has 0 radical (unpaired) electrons. The molecular weight excluding hydrogens is 356 g/mol. The Morgan fingerprint density at radius 2 is 2.12 bits per heavy atom. The Morgan fingerprint density at radius 1 is 1.36 bits per heavy atom. The van der Waals surface area contributed by atoms with E-state index < -0.39 is 0 Å². The molecule has 25 heavy (non-hydrogen) atoms. The lowest BCUT2D eigenvalue weighted by Crippen LogP contribution is -2.26. The van der Waals surface area contributed by atoms with Gasteiger partial charge in [0.2, 0.25) is 0 Å². The first-order valence-corrected chi connectivity index (χ1v) is 8.93. The number of rotatable bonds is 8. The zero-order chi connectivity index (χ0) is 18.1. The molecule has 0 saturated carbocycles. The standard InChI is InChI=1S/C19H19ClN2O2S/c1-3-11-24-17-6-4-5-15(12-17)13-21-22-19(23)14(2)25-18-9-7-16(20)8-10-18/h3-10,12-14H,1,11H2,2H3,(H,22,23)/b21-13+. The predicted octanol–water partition coefficient (Wildman–Crippen LogP) is 4.54. The van der Waals surface area contributed by atoms with Crippen molar-refractivity contribution < 1.29 is 9.53 Å². The average Bonchev–Trinajstić information content (AvgIpc) is 2.62. The van der Waals surface area contributed by atoms with Crippen molar-refractivity contribution in [1.82, 2.24) is 5.43 Å². The SMILES string of the molecule is C=CCOc1cccc(/C=N/NC(=O)C(C)Sc2ccc(Cl)cc2)c1. The Balaban J connectivity index is 1.86. The molecule has 1 N–H and O–H groups in total. The van der Waals surface area contributed by atoms with Crippen LogP contribution >= 0.6 is 23.4 Å². The van der Waals surface area contributed by atoms with E-state index >= 15 is 0 Å². The topological polar surface area (TPSA) is 50.7 Å². The highest BCUT2D eigenvalue weighted by Crippen LogP contribution is 2.24. The minimum absolute atomic E-state index is 0.171. The van der Waals surface area contributed by atoms with Gasteiger partial charge in [0.1, 0.15) is 12.4 Å². The summed E-state index contributed by atoms with van der Waals surface area (Å²) in [5.41, 5.74) is 3.39. The predicted molar refractivity (Wildman–Crippen MR) is 105 cm³/mol. The van der Waals surface area contributed by atoms with Gasteiger partial charge in [-0.25, -0.2) is 5.43 Å². The van der Waals surface area contributed by atoms with E-state index in [1.54, 1.807) is 24.4 Å². The first-order valence-electron chi connectivity index (χ1n) is 7.67. The van der Waals surface area contributed by atoms with Crippen LogP contribution in [0.15, 0.2) is 71.2 Å². The molecule has 0 bridgehead atoms. The van der Waals surface area contributed by atoms with Crippen molar-refractivity contribution >= 4 is 35.5 Å². The van der Waals surface area contributed by atoms with Crippen LogP contribution in [-0.4, -0.2) is 24.0 Å². The number of ether oxygens (including phenoxy) is 1. The fourth-order valence-corrected chi connectivity index (χ4v) is 2.86. The van der Waals surface area contributed by atoms with Crippen LogP contribution in [0, 0.1) is 0 Å². The molecule has 2 aromatic carbocycles. The Morgan fingerprint density at radius 3 is 2.84 bits per heavy atom. The molecule has 0 heterocycles. The number of carbonyl (C=O) groups excluding carboxylic acids is 1. The second-order valence-electron chi connectivity index (χ2n) is 5.12. The number of nitrogens with zero attached hydrogens (tertiary/aromatic N) is 1. The number of amides is 1. The summed E-state index contributed by atoms with van der Waals surface area (Å²) in [4.78, 5) is 13.1. The van der Waals surface area contributed by atoms with Crippen molar-refractivity contribution in [3.63, 3.8) is 0 Å². The Kier molecular flexibility index (Phi) is 7.57. The van der Waals surface area contributed by atoms with Crippen LogP contribution in [0.25, 0.3) is 0 Å². The third-order valence-corrected chi connectivity index (χ3v) is 4.47. The van der Waals surface area contributed by atoms with Gasteiger partial charge in [0, 0.05) is 9.92 Å². The lowest BCUT2D eigenvalue weighted by atomic mass is 10.2. The molecule has 2 rings (SSSR count). The van der Waals surface area contributed by atoms with Gasteiger partial charge in [-0.05, 0) is 48.9 Å². The van der Waals surface area contributed by atoms with E-state index in [1.165, 1.54) is 11.8 Å². The first-order chi connectivity index (χ1) is 12.1. The van der Waals surface area contributed by atoms with Crippen LogP contribution in [0.3, 0.4) is 0 Å². The molecule has 0 aliphatic rings. The highest BCUT2D eigenvalue weighted by molar-refractivity contribution is 8.00. The fourth-order valence-electron chi connectivity index (χ4n) is 1.87. The highest BCUT2D eigenvalue weighted by Gasteiger charge is 2.13. The van der Waals surface area contributed by atoms with Crippen molar-refractivity contribution in [2.45, 2.75) is 17.1 Å². The highest BCUT2D eigenvalue weighted by atomic mass is 35.5. The van der Waals surface area contributed by atoms with Gasteiger partial charge in [0.25, 0.3) is 5.91 Å². The van der Waals surface area contributed by atoms with E-state index in [2.05, 4.69) is 17.1 Å². The van der Waals surface area contributed by atoms with Gasteiger partial charge in [0.15, 0.2) is 0 Å². The molecule has 1 amide bonds. The first kappa shape index (κ1) is 19.1. The van der Waals surface area contributed by atoms with Gasteiger partial charge in [-0.2, -0.15) is 5.10 Å². The van der Waals surface area contributed by atoms with Gasteiger partial charge in [-0.3, -0.25) is 4.79 Å². The van der Waals surface area contributed by atoms with E-state index in [-0.39, 0.29) is 11.2 Å². The number of carbonyl (C=O) groups is 1. The summed E-state index contributed by atoms with van der Waals surface area (Å²) in [6.07, 6.45) is 3.26. The zero-order valence-electron chi connectivity index (χ0n) is 13.8. The van der Waals surface area contributed by atoms with E-state index in [9.17, 15) is 4.79 Å². The summed E-state index contributed by atoms with van der Waals surface area (Å²) in [6, 6.07) is 14.8. The molecule has 0 aliphatic heterocycles. The Bertz CT molecular complexity index is 747. The van der Waals surface area contributed by atoms with Crippen molar-refractivity contribution in [3.05, 3.63) is 71.8 Å². The number of benzene rings is 2. The van der Waals surface area contributed by atoms with Crippen LogP contribution in [0.1, 0.15) is 12.5 Å². The lowest BCUT2D eigenvalue weighted by Gasteiger charge is -2.09. The average molecular weight is 375 g/mol. The molecule has 2 aromatic rings. The van der Waals surface area contributed by atoms with E-state index in [4.69, 9.17) is 16.3 Å². The van der Waals surface area contributed by atoms with E-state index in [0.717, 1.165) is 16.2 Å². The number of thioether (sulfide) groups is 1. The summed E-state index contributed by atoms with van der Waals surface area (Å²) < 4.78 is 5.46. The van der Waals surface area contributed by atoms with Gasteiger partial charge >= 0.3 is 0 Å². The molecule has 4 nitrogen and oxygen atoms in total. The molecular formula is C19H19ClN2O2S. The molecule has 0 saturated heterocycles. The van der Waals surface area contributed by atoms with Crippen LogP contribution in [0.5, 0.6) is 5.75 Å². The fraction of sp³-hybridized carbons (Fsp3) is 0.158. The monoisotopic (exact) mass is 374 g/mol. The lowest BCUT2D eigenvalue weighted by molar-refractivity contribution is -0.120. The third-order valence-electron chi connectivity index (χ3n) is 3.11. The van der Waals surface area contributed by atoms with E-state index in [0.29, 0.717) is 11.6 Å². The molecule has 1 unspecified atom stereocenters. The smallest absolute Gasteiger partial charge is 0.253 e. The second kappa shape index (κ2) is 9.91. The van der Waals surface area contributed by atoms with Crippen molar-refractivity contribution in [3.8, 4) is 5.75 Å².